The topological polar surface area (TPSA) is 37.3 Å². The summed E-state index contributed by atoms with van der Waals surface area (Å²) in [5.41, 5.74) is 0. The third-order valence-electron chi connectivity index (χ3n) is 2.31. The Hall–Kier alpha value is -1.57. The van der Waals surface area contributed by atoms with E-state index in [1.54, 1.807) is 0 Å². The molecule has 0 bridgehead atoms. The van der Waals surface area contributed by atoms with Gasteiger partial charge in [-0.25, -0.2) is 0 Å². The minimum absolute atomic E-state index is 0.261. The molecule has 0 aliphatic carbocycles. The van der Waals surface area contributed by atoms with Crippen LogP contribution in [0.3, 0.4) is 0 Å². The van der Waals surface area contributed by atoms with Crippen molar-refractivity contribution in [3.63, 3.8) is 0 Å². The average Bonchev–Trinajstić information content (AvgIpc) is 2.34. The summed E-state index contributed by atoms with van der Waals surface area (Å²) in [4.78, 5) is 10.3. The second-order valence-corrected chi connectivity index (χ2v) is 3.98. The molecule has 0 amide bonds. The molecule has 0 aromatic carbocycles. The second kappa shape index (κ2) is 13.5. The highest BCUT2D eigenvalue weighted by molar-refractivity contribution is 5.66. The van der Waals surface area contributed by atoms with E-state index in [1.807, 2.05) is 6.92 Å². The van der Waals surface area contributed by atoms with Crippen molar-refractivity contribution >= 4 is 5.97 Å². The Morgan fingerprint density at radius 2 is 1.39 bits per heavy atom. The summed E-state index contributed by atoms with van der Waals surface area (Å²) in [6.45, 7) is 2.02. The van der Waals surface area contributed by atoms with Gasteiger partial charge in [0.15, 0.2) is 0 Å². The minimum Gasteiger partial charge on any atom is -0.481 e. The molecule has 0 unspecified atom stereocenters. The van der Waals surface area contributed by atoms with Crippen molar-refractivity contribution in [2.75, 3.05) is 0 Å². The van der Waals surface area contributed by atoms with Gasteiger partial charge in [0.2, 0.25) is 0 Å². The maximum atomic E-state index is 10.3. The standard InChI is InChI=1S/C16H24O2/c1-2-3-4-5-6-7-8-9-10-11-12-13-14-15-16(17)18/h2-3,5-6,8-9,11-12H,4,7,10,13-15H2,1H3,(H,17,18)/b3-2-,6-5-,9-8-,12-11-. The zero-order valence-corrected chi connectivity index (χ0v) is 11.2. The van der Waals surface area contributed by atoms with Crippen molar-refractivity contribution in [3.8, 4) is 0 Å². The van der Waals surface area contributed by atoms with Crippen molar-refractivity contribution in [1.29, 1.82) is 0 Å². The molecule has 0 aliphatic heterocycles. The van der Waals surface area contributed by atoms with E-state index in [4.69, 9.17) is 5.11 Å². The molecule has 0 radical (unpaired) electrons. The third-order valence-corrected chi connectivity index (χ3v) is 2.31. The Labute approximate surface area is 110 Å². The molecule has 0 aliphatic rings. The number of carbonyl (C=O) groups is 1. The van der Waals surface area contributed by atoms with Gasteiger partial charge >= 0.3 is 5.97 Å². The van der Waals surface area contributed by atoms with Gasteiger partial charge in [-0.05, 0) is 39.0 Å². The zero-order valence-electron chi connectivity index (χ0n) is 11.2. The van der Waals surface area contributed by atoms with E-state index in [0.717, 1.165) is 32.1 Å². The predicted molar refractivity (Wildman–Crippen MR) is 77.6 cm³/mol. The number of rotatable bonds is 10. The summed E-state index contributed by atoms with van der Waals surface area (Å²) >= 11 is 0. The van der Waals surface area contributed by atoms with Crippen molar-refractivity contribution in [2.24, 2.45) is 0 Å². The van der Waals surface area contributed by atoms with Gasteiger partial charge in [-0.2, -0.15) is 0 Å². The highest BCUT2D eigenvalue weighted by Crippen LogP contribution is 1.98. The van der Waals surface area contributed by atoms with Crippen molar-refractivity contribution in [2.45, 2.75) is 45.4 Å². The molecular formula is C16H24O2. The Morgan fingerprint density at radius 3 is 1.89 bits per heavy atom. The Balaban J connectivity index is 3.39. The summed E-state index contributed by atoms with van der Waals surface area (Å²) in [5.74, 6) is -0.715. The van der Waals surface area contributed by atoms with Crippen LogP contribution in [0.25, 0.3) is 0 Å². The first-order chi connectivity index (χ1) is 8.77. The highest BCUT2D eigenvalue weighted by Gasteiger charge is 1.92. The van der Waals surface area contributed by atoms with Crippen LogP contribution in [0.15, 0.2) is 48.6 Å². The fourth-order valence-corrected chi connectivity index (χ4v) is 1.34. The summed E-state index contributed by atoms with van der Waals surface area (Å²) in [6, 6.07) is 0. The van der Waals surface area contributed by atoms with Crippen LogP contribution < -0.4 is 0 Å². The lowest BCUT2D eigenvalue weighted by Crippen LogP contribution is -1.92. The monoisotopic (exact) mass is 248 g/mol. The molecule has 0 saturated carbocycles. The molecular weight excluding hydrogens is 224 g/mol. The molecule has 0 aromatic heterocycles. The van der Waals surface area contributed by atoms with Crippen molar-refractivity contribution in [1.82, 2.24) is 0 Å². The Kier molecular flexibility index (Phi) is 12.3. The lowest BCUT2D eigenvalue weighted by atomic mass is 10.2. The van der Waals surface area contributed by atoms with Crippen LogP contribution in [0.4, 0.5) is 0 Å². The van der Waals surface area contributed by atoms with Crippen LogP contribution in [0, 0.1) is 0 Å². The molecule has 0 atom stereocenters. The molecule has 2 nitrogen and oxygen atoms in total. The molecule has 0 spiro atoms. The Morgan fingerprint density at radius 1 is 0.889 bits per heavy atom. The van der Waals surface area contributed by atoms with Crippen LogP contribution in [-0.4, -0.2) is 11.1 Å². The van der Waals surface area contributed by atoms with Crippen LogP contribution in [-0.2, 0) is 4.79 Å². The predicted octanol–water partition coefficient (Wildman–Crippen LogP) is 4.66. The molecule has 2 heteroatoms. The van der Waals surface area contributed by atoms with Gasteiger partial charge in [0.25, 0.3) is 0 Å². The van der Waals surface area contributed by atoms with E-state index < -0.39 is 5.97 Å². The second-order valence-electron chi connectivity index (χ2n) is 3.98. The number of unbranched alkanes of at least 4 members (excludes halogenated alkanes) is 1. The van der Waals surface area contributed by atoms with E-state index in [2.05, 4.69) is 48.6 Å². The molecule has 0 heterocycles. The maximum absolute atomic E-state index is 10.3. The average molecular weight is 248 g/mol. The maximum Gasteiger partial charge on any atom is 0.303 e. The van der Waals surface area contributed by atoms with Gasteiger partial charge in [0.1, 0.15) is 0 Å². The number of carboxylic acid groups (broad SMARTS) is 1. The van der Waals surface area contributed by atoms with Gasteiger partial charge in [-0.3, -0.25) is 4.79 Å². The summed E-state index contributed by atoms with van der Waals surface area (Å²) in [7, 11) is 0. The zero-order chi connectivity index (χ0) is 13.5. The first kappa shape index (κ1) is 16.4. The van der Waals surface area contributed by atoms with Crippen LogP contribution in [0.5, 0.6) is 0 Å². The summed E-state index contributed by atoms with van der Waals surface area (Å²) in [6.07, 6.45) is 21.7. The van der Waals surface area contributed by atoms with Gasteiger partial charge in [0.05, 0.1) is 0 Å². The van der Waals surface area contributed by atoms with Crippen LogP contribution >= 0.6 is 0 Å². The Bertz CT molecular complexity index is 309. The smallest absolute Gasteiger partial charge is 0.303 e. The molecule has 1 N–H and O–H groups in total. The van der Waals surface area contributed by atoms with Crippen LogP contribution in [0.1, 0.15) is 45.4 Å². The molecule has 0 fully saturated rings. The summed E-state index contributed by atoms with van der Waals surface area (Å²) in [5, 5.41) is 8.44. The largest absolute Gasteiger partial charge is 0.481 e. The first-order valence-electron chi connectivity index (χ1n) is 6.55. The third kappa shape index (κ3) is 14.4. The molecule has 18 heavy (non-hydrogen) atoms. The van der Waals surface area contributed by atoms with Crippen molar-refractivity contribution in [3.05, 3.63) is 48.6 Å². The van der Waals surface area contributed by atoms with Gasteiger partial charge in [0, 0.05) is 6.42 Å². The molecule has 0 aromatic rings. The van der Waals surface area contributed by atoms with E-state index in [0.29, 0.717) is 0 Å². The summed E-state index contributed by atoms with van der Waals surface area (Å²) < 4.78 is 0. The fraction of sp³-hybridized carbons (Fsp3) is 0.438. The van der Waals surface area contributed by atoms with Gasteiger partial charge in [-0.1, -0.05) is 48.6 Å². The van der Waals surface area contributed by atoms with E-state index in [9.17, 15) is 4.79 Å². The van der Waals surface area contributed by atoms with E-state index in [1.165, 1.54) is 0 Å². The number of aliphatic carboxylic acids is 1. The molecule has 100 valence electrons. The fourth-order valence-electron chi connectivity index (χ4n) is 1.34. The van der Waals surface area contributed by atoms with E-state index in [-0.39, 0.29) is 6.42 Å². The number of carboxylic acids is 1. The van der Waals surface area contributed by atoms with Gasteiger partial charge in [-0.15, -0.1) is 0 Å². The lowest BCUT2D eigenvalue weighted by molar-refractivity contribution is -0.137. The number of hydrogen-bond acceptors (Lipinski definition) is 1. The quantitative estimate of drug-likeness (QED) is 0.451. The number of allylic oxidation sites excluding steroid dienone is 8. The normalized spacial score (nSPS) is 12.5. The lowest BCUT2D eigenvalue weighted by Gasteiger charge is -1.89. The highest BCUT2D eigenvalue weighted by atomic mass is 16.4. The van der Waals surface area contributed by atoms with Gasteiger partial charge < -0.3 is 5.11 Å². The van der Waals surface area contributed by atoms with Crippen LogP contribution in [0.2, 0.25) is 0 Å². The first-order valence-corrected chi connectivity index (χ1v) is 6.55. The minimum atomic E-state index is -0.715. The SMILES string of the molecule is C/C=C\C/C=C\C/C=C\C/C=C\CCCC(=O)O. The van der Waals surface area contributed by atoms with E-state index >= 15 is 0 Å². The van der Waals surface area contributed by atoms with Crippen molar-refractivity contribution < 1.29 is 9.90 Å². The molecule has 0 rings (SSSR count). The molecule has 0 saturated heterocycles. The number of hydrogen-bond donors (Lipinski definition) is 1.